The Morgan fingerprint density at radius 2 is 1.22 bits per heavy atom. The molecule has 20 unspecified atom stereocenters. The van der Waals surface area contributed by atoms with Gasteiger partial charge in [0, 0.05) is 6.04 Å². The van der Waals surface area contributed by atoms with Crippen LogP contribution in [0.2, 0.25) is 0 Å². The molecule has 0 aromatic carbocycles. The number of hydrogen-bond donors (Lipinski definition) is 13. The molecule has 4 fully saturated rings. The van der Waals surface area contributed by atoms with Crippen molar-refractivity contribution in [2.75, 3.05) is 13.2 Å². The zero-order chi connectivity index (χ0) is 36.3. The fraction of sp³-hybridized carbons (Fsp3) is 0.966. The highest BCUT2D eigenvalue weighted by atomic mass is 16.8. The van der Waals surface area contributed by atoms with E-state index in [0.717, 1.165) is 0 Å². The smallest absolute Gasteiger partial charge is 0.249 e. The molecule has 20 heteroatoms. The Morgan fingerprint density at radius 3 is 1.78 bits per heavy atom. The third-order valence-corrected chi connectivity index (χ3v) is 9.64. The van der Waals surface area contributed by atoms with Crippen molar-refractivity contribution in [1.29, 1.82) is 0 Å². The molecule has 0 radical (unpaired) electrons. The minimum atomic E-state index is -1.69. The van der Waals surface area contributed by atoms with Crippen molar-refractivity contribution in [3.8, 4) is 0 Å². The van der Waals surface area contributed by atoms with E-state index in [9.17, 15) is 50.8 Å². The topological polar surface area (TPSA) is 345 Å². The Balaban J connectivity index is 1.57. The first-order valence-corrected chi connectivity index (χ1v) is 16.7. The zero-order valence-corrected chi connectivity index (χ0v) is 27.4. The summed E-state index contributed by atoms with van der Waals surface area (Å²) in [6.45, 7) is 2.08. The molecule has 3 saturated heterocycles. The van der Waals surface area contributed by atoms with E-state index in [4.69, 9.17) is 45.6 Å². The molecule has 16 N–H and O–H groups in total. The van der Waals surface area contributed by atoms with Crippen LogP contribution in [-0.2, 0) is 33.2 Å². The van der Waals surface area contributed by atoms with Crippen molar-refractivity contribution in [3.05, 3.63) is 0 Å². The molecule has 20 atom stereocenters. The fourth-order valence-corrected chi connectivity index (χ4v) is 6.63. The van der Waals surface area contributed by atoms with Gasteiger partial charge in [-0.15, -0.1) is 0 Å². The van der Waals surface area contributed by atoms with Crippen molar-refractivity contribution >= 4 is 5.91 Å². The molecule has 0 aromatic rings. The van der Waals surface area contributed by atoms with Gasteiger partial charge in [-0.05, 0) is 19.3 Å². The maximum atomic E-state index is 12.7. The van der Waals surface area contributed by atoms with E-state index in [1.165, 1.54) is 0 Å². The van der Waals surface area contributed by atoms with E-state index in [0.29, 0.717) is 12.8 Å². The molecule has 3 heterocycles. The third kappa shape index (κ3) is 8.70. The van der Waals surface area contributed by atoms with Crippen LogP contribution in [-0.4, -0.2) is 187 Å². The Bertz CT molecular complexity index is 1050. The molecule has 49 heavy (non-hydrogen) atoms. The molecule has 1 aliphatic carbocycles. The van der Waals surface area contributed by atoms with E-state index in [2.05, 4.69) is 5.32 Å². The molecule has 4 rings (SSSR count). The first-order valence-electron chi connectivity index (χ1n) is 16.7. The lowest BCUT2D eigenvalue weighted by Crippen LogP contribution is -2.69. The summed E-state index contributed by atoms with van der Waals surface area (Å²) in [6.07, 6.45) is -21.8. The standard InChI is InChI=1S/C29H54N4O16/c1-3-5-11(36)26(43)33-10-6-9(30)23(47-28-16(32)21(41)19(39)13(7-34)45-28)25(17(10)37)49-29-22(42)24(14(8-35)46-29)48-27-15(31)20(40)18(38)12(4-2)44-27/h9-25,27-29,34-42H,3-8,30-32H2,1-2H3,(H,33,43). The monoisotopic (exact) mass is 714 g/mol. The average molecular weight is 715 g/mol. The summed E-state index contributed by atoms with van der Waals surface area (Å²) < 4.78 is 35.0. The summed E-state index contributed by atoms with van der Waals surface area (Å²) in [5.74, 6) is -0.774. The average Bonchev–Trinajstić information content (AvgIpc) is 3.38. The van der Waals surface area contributed by atoms with Crippen LogP contribution >= 0.6 is 0 Å². The second kappa shape index (κ2) is 17.5. The molecule has 20 nitrogen and oxygen atoms in total. The van der Waals surface area contributed by atoms with Crippen LogP contribution in [0.25, 0.3) is 0 Å². The van der Waals surface area contributed by atoms with Crippen molar-refractivity contribution in [3.63, 3.8) is 0 Å². The quantitative estimate of drug-likeness (QED) is 0.0842. The van der Waals surface area contributed by atoms with Gasteiger partial charge in [0.2, 0.25) is 5.91 Å². The number of amides is 1. The second-order valence-electron chi connectivity index (χ2n) is 13.1. The molecule has 0 spiro atoms. The summed E-state index contributed by atoms with van der Waals surface area (Å²) in [5, 5.41) is 96.8. The first kappa shape index (κ1) is 40.5. The number of carbonyl (C=O) groups is 1. The Labute approximate surface area is 282 Å². The van der Waals surface area contributed by atoms with Gasteiger partial charge in [0.25, 0.3) is 0 Å². The van der Waals surface area contributed by atoms with Crippen molar-refractivity contribution in [1.82, 2.24) is 5.32 Å². The third-order valence-electron chi connectivity index (χ3n) is 9.64. The van der Waals surface area contributed by atoms with E-state index < -0.39 is 142 Å². The normalized spacial score (nSPS) is 48.3. The highest BCUT2D eigenvalue weighted by molar-refractivity contribution is 5.80. The van der Waals surface area contributed by atoms with Gasteiger partial charge in [-0.2, -0.15) is 0 Å². The lowest BCUT2D eigenvalue weighted by molar-refractivity contribution is -0.311. The molecular formula is C29H54N4O16. The molecule has 1 saturated carbocycles. The molecule has 0 aromatic heterocycles. The number of carbonyl (C=O) groups excluding carboxylic acids is 1. The van der Waals surface area contributed by atoms with Crippen LogP contribution < -0.4 is 22.5 Å². The van der Waals surface area contributed by atoms with E-state index >= 15 is 0 Å². The van der Waals surface area contributed by atoms with E-state index in [1.807, 2.05) is 0 Å². The number of ether oxygens (including phenoxy) is 6. The lowest BCUT2D eigenvalue weighted by Gasteiger charge is -2.47. The number of hydrogen-bond acceptors (Lipinski definition) is 19. The van der Waals surface area contributed by atoms with Crippen molar-refractivity contribution in [2.24, 2.45) is 17.2 Å². The molecule has 3 aliphatic heterocycles. The maximum Gasteiger partial charge on any atom is 0.249 e. The number of nitrogens with one attached hydrogen (secondary N) is 1. The predicted molar refractivity (Wildman–Crippen MR) is 162 cm³/mol. The summed E-state index contributed by atoms with van der Waals surface area (Å²) in [6, 6.07) is -4.76. The Morgan fingerprint density at radius 1 is 0.714 bits per heavy atom. The van der Waals surface area contributed by atoms with Gasteiger partial charge in [0.05, 0.1) is 37.4 Å². The summed E-state index contributed by atoms with van der Waals surface area (Å²) in [4.78, 5) is 12.7. The van der Waals surface area contributed by atoms with Gasteiger partial charge in [-0.3, -0.25) is 4.79 Å². The first-order chi connectivity index (χ1) is 23.2. The predicted octanol–water partition coefficient (Wildman–Crippen LogP) is -7.09. The number of nitrogens with two attached hydrogens (primary N) is 3. The molecule has 286 valence electrons. The summed E-state index contributed by atoms with van der Waals surface area (Å²) in [5.41, 5.74) is 18.6. The van der Waals surface area contributed by atoms with Crippen LogP contribution in [0.3, 0.4) is 0 Å². The van der Waals surface area contributed by atoms with Gasteiger partial charge in [0.1, 0.15) is 73.2 Å². The zero-order valence-electron chi connectivity index (χ0n) is 27.4. The van der Waals surface area contributed by atoms with Crippen LogP contribution in [0.4, 0.5) is 0 Å². The van der Waals surface area contributed by atoms with Crippen LogP contribution in [0.1, 0.15) is 39.5 Å². The summed E-state index contributed by atoms with van der Waals surface area (Å²) in [7, 11) is 0. The second-order valence-corrected chi connectivity index (χ2v) is 13.1. The van der Waals surface area contributed by atoms with Gasteiger partial charge in [-0.1, -0.05) is 20.3 Å². The summed E-state index contributed by atoms with van der Waals surface area (Å²) >= 11 is 0. The van der Waals surface area contributed by atoms with E-state index in [1.54, 1.807) is 13.8 Å². The van der Waals surface area contributed by atoms with Crippen molar-refractivity contribution in [2.45, 2.75) is 162 Å². The highest BCUT2D eigenvalue weighted by Crippen LogP contribution is 2.35. The highest BCUT2D eigenvalue weighted by Gasteiger charge is 2.55. The van der Waals surface area contributed by atoms with Gasteiger partial charge < -0.3 is 96.9 Å². The van der Waals surface area contributed by atoms with Gasteiger partial charge in [-0.25, -0.2) is 0 Å². The van der Waals surface area contributed by atoms with Crippen LogP contribution in [0, 0.1) is 0 Å². The minimum absolute atomic E-state index is 0.115. The van der Waals surface area contributed by atoms with Gasteiger partial charge in [0.15, 0.2) is 18.9 Å². The Hall–Kier alpha value is -1.25. The Kier molecular flexibility index (Phi) is 14.5. The van der Waals surface area contributed by atoms with Crippen molar-refractivity contribution < 1.29 is 79.2 Å². The van der Waals surface area contributed by atoms with E-state index in [-0.39, 0.29) is 12.8 Å². The fourth-order valence-electron chi connectivity index (χ4n) is 6.63. The molecule has 0 bridgehead atoms. The number of aliphatic hydroxyl groups excluding tert-OH is 9. The number of aliphatic hydroxyl groups is 9. The largest absolute Gasteiger partial charge is 0.394 e. The molecule has 1 amide bonds. The van der Waals surface area contributed by atoms with Gasteiger partial charge >= 0.3 is 0 Å². The molecular weight excluding hydrogens is 660 g/mol. The SMILES string of the molecule is CCCC(O)C(=O)NC1CC(N)C(OC2OC(CO)C(O)C(O)C2N)C(OC2OC(CO)C(OC3OC(CC)C(O)C(O)C3N)C2O)C1O. The molecule has 4 aliphatic rings. The van der Waals surface area contributed by atoms with Crippen LogP contribution in [0.15, 0.2) is 0 Å². The maximum absolute atomic E-state index is 12.7. The number of rotatable bonds is 13. The van der Waals surface area contributed by atoms with Crippen LogP contribution in [0.5, 0.6) is 0 Å². The lowest BCUT2D eigenvalue weighted by atomic mass is 9.83. The minimum Gasteiger partial charge on any atom is -0.394 e.